The molecule has 0 spiro atoms. The van der Waals surface area contributed by atoms with Crippen LogP contribution in [0.4, 0.5) is 11.4 Å². The molecule has 1 aliphatic heterocycles. The highest BCUT2D eigenvalue weighted by molar-refractivity contribution is 8.14. The maximum absolute atomic E-state index is 11.0. The number of aliphatic imine (C=N–C) groups is 1. The van der Waals surface area contributed by atoms with Gasteiger partial charge in [-0.2, -0.15) is 0 Å². The predicted molar refractivity (Wildman–Crippen MR) is 82.9 cm³/mol. The minimum atomic E-state index is -0.0652. The van der Waals surface area contributed by atoms with E-state index < -0.39 is 0 Å². The third-order valence-corrected chi connectivity index (χ3v) is 3.87. The summed E-state index contributed by atoms with van der Waals surface area (Å²) in [6.45, 7) is 5.88. The lowest BCUT2D eigenvalue weighted by Gasteiger charge is -2.08. The van der Waals surface area contributed by atoms with Gasteiger partial charge < -0.3 is 10.6 Å². The number of hydrogen-bond acceptors (Lipinski definition) is 4. The van der Waals surface area contributed by atoms with Crippen molar-refractivity contribution in [2.75, 3.05) is 16.4 Å². The highest BCUT2D eigenvalue weighted by Gasteiger charge is 2.21. The summed E-state index contributed by atoms with van der Waals surface area (Å²) in [6, 6.07) is 8.05. The first-order valence-corrected chi connectivity index (χ1v) is 7.38. The molecule has 0 aliphatic carbocycles. The minimum Gasteiger partial charge on any atom is -0.335 e. The van der Waals surface area contributed by atoms with Crippen LogP contribution < -0.4 is 10.6 Å². The van der Waals surface area contributed by atoms with Gasteiger partial charge in [0.1, 0.15) is 0 Å². The molecule has 1 aromatic carbocycles. The summed E-state index contributed by atoms with van der Waals surface area (Å²) in [6.07, 6.45) is 0. The molecule has 1 atom stereocenters. The number of thioether (sulfide) groups is 1. The molecule has 1 aromatic rings. The van der Waals surface area contributed by atoms with Crippen LogP contribution >= 0.6 is 11.8 Å². The van der Waals surface area contributed by atoms with Crippen molar-refractivity contribution in [3.63, 3.8) is 0 Å². The largest absolute Gasteiger partial charge is 0.335 e. The molecule has 0 fully saturated rings. The Kier molecular flexibility index (Phi) is 4.47. The molecular weight excluding hydrogens is 258 g/mol. The molecule has 2 rings (SSSR count). The summed E-state index contributed by atoms with van der Waals surface area (Å²) >= 11 is 1.74. The average molecular weight is 277 g/mol. The number of nitrogens with zero attached hydrogens (tertiary/aromatic N) is 1. The zero-order valence-corrected chi connectivity index (χ0v) is 12.3. The predicted octanol–water partition coefficient (Wildman–Crippen LogP) is 3.18. The lowest BCUT2D eigenvalue weighted by atomic mass is 10.1. The Balaban J connectivity index is 2.03. The van der Waals surface area contributed by atoms with Gasteiger partial charge in [0.2, 0.25) is 5.91 Å². The SMILES string of the molecule is CC(=O)Nc1cccc(NC2=NC(C(C)C)CS2)c1. The van der Waals surface area contributed by atoms with Gasteiger partial charge in [-0.1, -0.05) is 31.7 Å². The highest BCUT2D eigenvalue weighted by Crippen LogP contribution is 2.25. The van der Waals surface area contributed by atoms with Gasteiger partial charge in [0.05, 0.1) is 6.04 Å². The number of nitrogens with one attached hydrogen (secondary N) is 2. The van der Waals surface area contributed by atoms with Crippen molar-refractivity contribution >= 4 is 34.2 Å². The fraction of sp³-hybridized carbons (Fsp3) is 0.429. The van der Waals surface area contributed by atoms with Crippen molar-refractivity contribution in [2.45, 2.75) is 26.8 Å². The van der Waals surface area contributed by atoms with Crippen LogP contribution in [-0.2, 0) is 4.79 Å². The van der Waals surface area contributed by atoms with Crippen LogP contribution in [0.3, 0.4) is 0 Å². The van der Waals surface area contributed by atoms with Crippen molar-refractivity contribution in [1.82, 2.24) is 0 Å². The van der Waals surface area contributed by atoms with E-state index in [1.807, 2.05) is 24.3 Å². The fourth-order valence-electron chi connectivity index (χ4n) is 1.80. The minimum absolute atomic E-state index is 0.0652. The summed E-state index contributed by atoms with van der Waals surface area (Å²) in [5.74, 6) is 1.54. The number of rotatable bonds is 3. The van der Waals surface area contributed by atoms with E-state index in [4.69, 9.17) is 0 Å². The van der Waals surface area contributed by atoms with Crippen LogP contribution in [0.5, 0.6) is 0 Å². The van der Waals surface area contributed by atoms with Crippen molar-refractivity contribution in [3.05, 3.63) is 24.3 Å². The van der Waals surface area contributed by atoms with Crippen LogP contribution in [0.15, 0.2) is 29.3 Å². The number of hydrogen-bond donors (Lipinski definition) is 2. The first-order chi connectivity index (χ1) is 9.04. The molecule has 1 amide bonds. The Labute approximate surface area is 118 Å². The Bertz CT molecular complexity index is 499. The molecule has 0 radical (unpaired) electrons. The number of benzene rings is 1. The van der Waals surface area contributed by atoms with Crippen LogP contribution in [-0.4, -0.2) is 22.9 Å². The Hall–Kier alpha value is -1.49. The van der Waals surface area contributed by atoms with E-state index in [1.165, 1.54) is 6.92 Å². The van der Waals surface area contributed by atoms with E-state index in [0.717, 1.165) is 22.3 Å². The molecule has 5 heteroatoms. The van der Waals surface area contributed by atoms with Crippen LogP contribution in [0.1, 0.15) is 20.8 Å². The second kappa shape index (κ2) is 6.10. The zero-order valence-electron chi connectivity index (χ0n) is 11.4. The Morgan fingerprint density at radius 1 is 1.42 bits per heavy atom. The van der Waals surface area contributed by atoms with Gasteiger partial charge in [0.25, 0.3) is 0 Å². The summed E-state index contributed by atoms with van der Waals surface area (Å²) in [5.41, 5.74) is 1.74. The molecule has 1 unspecified atom stereocenters. The third-order valence-electron chi connectivity index (χ3n) is 2.88. The lowest BCUT2D eigenvalue weighted by Crippen LogP contribution is -2.12. The summed E-state index contributed by atoms with van der Waals surface area (Å²) < 4.78 is 0. The smallest absolute Gasteiger partial charge is 0.221 e. The van der Waals surface area contributed by atoms with Crippen molar-refractivity contribution < 1.29 is 4.79 Å². The summed E-state index contributed by atoms with van der Waals surface area (Å²) in [5, 5.41) is 7.03. The summed E-state index contributed by atoms with van der Waals surface area (Å²) in [7, 11) is 0. The highest BCUT2D eigenvalue weighted by atomic mass is 32.2. The van der Waals surface area contributed by atoms with Crippen molar-refractivity contribution in [3.8, 4) is 0 Å². The van der Waals surface area contributed by atoms with Crippen LogP contribution in [0, 0.1) is 5.92 Å². The summed E-state index contributed by atoms with van der Waals surface area (Å²) in [4.78, 5) is 15.7. The first kappa shape index (κ1) is 13.9. The monoisotopic (exact) mass is 277 g/mol. The molecule has 0 bridgehead atoms. The molecule has 0 aromatic heterocycles. The number of carbonyl (C=O) groups is 1. The van der Waals surface area contributed by atoms with Crippen LogP contribution in [0.25, 0.3) is 0 Å². The van der Waals surface area contributed by atoms with Crippen LogP contribution in [0.2, 0.25) is 0 Å². The number of amidine groups is 1. The molecule has 19 heavy (non-hydrogen) atoms. The molecule has 4 nitrogen and oxygen atoms in total. The lowest BCUT2D eigenvalue weighted by molar-refractivity contribution is -0.114. The van der Waals surface area contributed by atoms with Gasteiger partial charge in [-0.3, -0.25) is 9.79 Å². The topological polar surface area (TPSA) is 53.5 Å². The van der Waals surface area contributed by atoms with E-state index in [-0.39, 0.29) is 5.91 Å². The van der Waals surface area contributed by atoms with Gasteiger partial charge in [0, 0.05) is 24.1 Å². The van der Waals surface area contributed by atoms with E-state index >= 15 is 0 Å². The van der Waals surface area contributed by atoms with E-state index in [9.17, 15) is 4.79 Å². The van der Waals surface area contributed by atoms with Gasteiger partial charge >= 0.3 is 0 Å². The quantitative estimate of drug-likeness (QED) is 0.892. The van der Waals surface area contributed by atoms with Gasteiger partial charge in [-0.05, 0) is 24.1 Å². The van der Waals surface area contributed by atoms with Crippen molar-refractivity contribution in [1.29, 1.82) is 0 Å². The molecule has 0 saturated heterocycles. The molecule has 1 heterocycles. The third kappa shape index (κ3) is 3.99. The Morgan fingerprint density at radius 2 is 2.16 bits per heavy atom. The van der Waals surface area contributed by atoms with Crippen molar-refractivity contribution in [2.24, 2.45) is 10.9 Å². The zero-order chi connectivity index (χ0) is 13.8. The molecule has 102 valence electrons. The molecule has 0 saturated carbocycles. The van der Waals surface area contributed by atoms with E-state index in [0.29, 0.717) is 12.0 Å². The van der Waals surface area contributed by atoms with Gasteiger partial charge in [-0.25, -0.2) is 0 Å². The van der Waals surface area contributed by atoms with E-state index in [1.54, 1.807) is 11.8 Å². The molecule has 1 aliphatic rings. The fourth-order valence-corrected chi connectivity index (χ4v) is 2.99. The van der Waals surface area contributed by atoms with Gasteiger partial charge in [0.15, 0.2) is 5.17 Å². The maximum atomic E-state index is 11.0. The average Bonchev–Trinajstić information content (AvgIpc) is 2.77. The van der Waals surface area contributed by atoms with E-state index in [2.05, 4.69) is 29.5 Å². The van der Waals surface area contributed by atoms with Gasteiger partial charge in [-0.15, -0.1) is 0 Å². The normalized spacial score (nSPS) is 18.3. The second-order valence-corrected chi connectivity index (χ2v) is 5.95. The molecule has 2 N–H and O–H groups in total. The standard InChI is InChI=1S/C14H19N3OS/c1-9(2)13-8-19-14(17-13)16-12-6-4-5-11(7-12)15-10(3)18/h4-7,9,13H,8H2,1-3H3,(H,15,18)(H,16,17). The first-order valence-electron chi connectivity index (χ1n) is 6.40. The Morgan fingerprint density at radius 3 is 2.79 bits per heavy atom. The number of carbonyl (C=O) groups excluding carboxylic acids is 1. The molecular formula is C14H19N3OS. The number of anilines is 2. The second-order valence-electron chi connectivity index (χ2n) is 4.94. The number of amides is 1. The maximum Gasteiger partial charge on any atom is 0.221 e.